The number of likely N-dealkylation sites (tertiary alicyclic amines) is 1. The predicted octanol–water partition coefficient (Wildman–Crippen LogP) is 3.09. The predicted molar refractivity (Wildman–Crippen MR) is 116 cm³/mol. The first-order valence-corrected chi connectivity index (χ1v) is 12.3. The molecule has 0 unspecified atom stereocenters. The summed E-state index contributed by atoms with van der Waals surface area (Å²) >= 11 is 0. The first-order chi connectivity index (χ1) is 15.1. The number of aromatic amines is 1. The van der Waals surface area contributed by atoms with Gasteiger partial charge < -0.3 is 14.8 Å². The Bertz CT molecular complexity index is 901. The van der Waals surface area contributed by atoms with Gasteiger partial charge in [-0.3, -0.25) is 14.4 Å². The molecule has 2 saturated carbocycles. The molecule has 1 aromatic heterocycles. The summed E-state index contributed by atoms with van der Waals surface area (Å²) < 4.78 is 0. The molecule has 2 aliphatic carbocycles. The van der Waals surface area contributed by atoms with Crippen molar-refractivity contribution in [2.24, 2.45) is 11.8 Å². The van der Waals surface area contributed by atoms with Gasteiger partial charge in [-0.25, -0.2) is 4.98 Å². The molecule has 1 atom stereocenters. The minimum Gasteiger partial charge on any atom is -0.337 e. The van der Waals surface area contributed by atoms with Crippen LogP contribution >= 0.6 is 0 Å². The standard InChI is InChI=1S/C24H34N4O3/c29-22-18-15-27(23(30)16-7-2-1-3-8-16)14-12-19(18)25-21(26-22)20-11-4-5-13-28(20)24(31)17-9-6-10-17/h16-17,20H,1-15H2,(H,25,26,29)/t20-/m1/s1. The van der Waals surface area contributed by atoms with Crippen molar-refractivity contribution in [3.05, 3.63) is 27.4 Å². The third-order valence-corrected chi connectivity index (χ3v) is 7.91. The minimum atomic E-state index is -0.136. The highest BCUT2D eigenvalue weighted by atomic mass is 16.2. The van der Waals surface area contributed by atoms with Gasteiger partial charge in [0.1, 0.15) is 5.82 Å². The summed E-state index contributed by atoms with van der Waals surface area (Å²) in [6.45, 7) is 1.75. The van der Waals surface area contributed by atoms with Crippen LogP contribution in [0.4, 0.5) is 0 Å². The first kappa shape index (κ1) is 20.7. The zero-order valence-corrected chi connectivity index (χ0v) is 18.4. The van der Waals surface area contributed by atoms with E-state index in [1.165, 1.54) is 6.42 Å². The molecule has 7 heteroatoms. The van der Waals surface area contributed by atoms with Crippen LogP contribution in [0.2, 0.25) is 0 Å². The molecule has 0 bridgehead atoms. The van der Waals surface area contributed by atoms with Gasteiger partial charge in [0.05, 0.1) is 23.8 Å². The molecular formula is C24H34N4O3. The lowest BCUT2D eigenvalue weighted by atomic mass is 9.83. The molecule has 1 N–H and O–H groups in total. The monoisotopic (exact) mass is 426 g/mol. The van der Waals surface area contributed by atoms with Gasteiger partial charge in [0.2, 0.25) is 11.8 Å². The van der Waals surface area contributed by atoms with Crippen molar-refractivity contribution in [3.63, 3.8) is 0 Å². The molecule has 168 valence electrons. The highest BCUT2D eigenvalue weighted by molar-refractivity contribution is 5.80. The highest BCUT2D eigenvalue weighted by Gasteiger charge is 2.37. The van der Waals surface area contributed by atoms with Gasteiger partial charge in [-0.1, -0.05) is 25.7 Å². The van der Waals surface area contributed by atoms with Crippen molar-refractivity contribution < 1.29 is 9.59 Å². The molecule has 7 nitrogen and oxygen atoms in total. The van der Waals surface area contributed by atoms with E-state index in [0.29, 0.717) is 30.9 Å². The second-order valence-corrected chi connectivity index (χ2v) is 9.89. The van der Waals surface area contributed by atoms with Crippen molar-refractivity contribution in [3.8, 4) is 0 Å². The summed E-state index contributed by atoms with van der Waals surface area (Å²) in [4.78, 5) is 50.6. The maximum Gasteiger partial charge on any atom is 0.256 e. The van der Waals surface area contributed by atoms with Gasteiger partial charge in [0.15, 0.2) is 0 Å². The Morgan fingerprint density at radius 1 is 0.839 bits per heavy atom. The molecular weight excluding hydrogens is 392 g/mol. The Balaban J connectivity index is 1.35. The van der Waals surface area contributed by atoms with Crippen molar-refractivity contribution in [1.29, 1.82) is 0 Å². The topological polar surface area (TPSA) is 86.4 Å². The van der Waals surface area contributed by atoms with Crippen molar-refractivity contribution in [1.82, 2.24) is 19.8 Å². The molecule has 0 radical (unpaired) electrons. The quantitative estimate of drug-likeness (QED) is 0.805. The number of piperidine rings is 1. The van der Waals surface area contributed by atoms with Gasteiger partial charge in [-0.2, -0.15) is 0 Å². The van der Waals surface area contributed by atoms with E-state index in [9.17, 15) is 14.4 Å². The normalized spacial score (nSPS) is 25.1. The number of H-pyrrole nitrogens is 1. The molecule has 1 saturated heterocycles. The van der Waals surface area contributed by atoms with Gasteiger partial charge >= 0.3 is 0 Å². The van der Waals surface area contributed by atoms with E-state index in [4.69, 9.17) is 4.98 Å². The third kappa shape index (κ3) is 4.03. The summed E-state index contributed by atoms with van der Waals surface area (Å²) in [6, 6.07) is -0.123. The lowest BCUT2D eigenvalue weighted by Crippen LogP contribution is -2.46. The Labute approximate surface area is 183 Å². The molecule has 2 aliphatic heterocycles. The van der Waals surface area contributed by atoms with Crippen molar-refractivity contribution >= 4 is 11.8 Å². The lowest BCUT2D eigenvalue weighted by Gasteiger charge is -2.39. The van der Waals surface area contributed by atoms with Crippen LogP contribution in [0.5, 0.6) is 0 Å². The van der Waals surface area contributed by atoms with E-state index in [0.717, 1.165) is 76.4 Å². The van der Waals surface area contributed by atoms with E-state index >= 15 is 0 Å². The summed E-state index contributed by atoms with van der Waals surface area (Å²) in [5.41, 5.74) is 1.31. The Hall–Kier alpha value is -2.18. The summed E-state index contributed by atoms with van der Waals surface area (Å²) in [6.07, 6.45) is 12.1. The minimum absolute atomic E-state index is 0.120. The second kappa shape index (κ2) is 8.75. The fraction of sp³-hybridized carbons (Fsp3) is 0.750. The molecule has 5 rings (SSSR count). The number of nitrogens with zero attached hydrogens (tertiary/aromatic N) is 3. The molecule has 4 aliphatic rings. The summed E-state index contributed by atoms with van der Waals surface area (Å²) in [5, 5.41) is 0. The highest BCUT2D eigenvalue weighted by Crippen LogP contribution is 2.35. The molecule has 0 spiro atoms. The van der Waals surface area contributed by atoms with Crippen LogP contribution in [0.3, 0.4) is 0 Å². The fourth-order valence-electron chi connectivity index (χ4n) is 5.77. The van der Waals surface area contributed by atoms with Crippen molar-refractivity contribution in [2.45, 2.75) is 89.6 Å². The summed E-state index contributed by atoms with van der Waals surface area (Å²) in [5.74, 6) is 1.36. The lowest BCUT2D eigenvalue weighted by molar-refractivity contribution is -0.142. The van der Waals surface area contributed by atoms with E-state index < -0.39 is 0 Å². The molecule has 0 aromatic carbocycles. The van der Waals surface area contributed by atoms with Crippen LogP contribution < -0.4 is 5.56 Å². The number of aromatic nitrogens is 2. The number of carbonyl (C=O) groups is 2. The maximum absolute atomic E-state index is 13.0. The van der Waals surface area contributed by atoms with Crippen LogP contribution in [0, 0.1) is 11.8 Å². The Morgan fingerprint density at radius 2 is 1.55 bits per heavy atom. The van der Waals surface area contributed by atoms with Crippen LogP contribution in [0.25, 0.3) is 0 Å². The molecule has 31 heavy (non-hydrogen) atoms. The number of rotatable bonds is 3. The Kier molecular flexibility index (Phi) is 5.85. The average molecular weight is 427 g/mol. The van der Waals surface area contributed by atoms with Gasteiger partial charge in [0, 0.05) is 31.3 Å². The van der Waals surface area contributed by atoms with Crippen LogP contribution in [0.1, 0.15) is 93.8 Å². The van der Waals surface area contributed by atoms with E-state index in [1.54, 1.807) is 0 Å². The largest absolute Gasteiger partial charge is 0.337 e. The van der Waals surface area contributed by atoms with Gasteiger partial charge in [-0.15, -0.1) is 0 Å². The molecule has 2 amide bonds. The van der Waals surface area contributed by atoms with Crippen LogP contribution in [-0.4, -0.2) is 44.7 Å². The Morgan fingerprint density at radius 3 is 2.29 bits per heavy atom. The number of amides is 2. The molecule has 3 fully saturated rings. The number of hydrogen-bond donors (Lipinski definition) is 1. The zero-order valence-electron chi connectivity index (χ0n) is 18.4. The summed E-state index contributed by atoms with van der Waals surface area (Å²) in [7, 11) is 0. The third-order valence-electron chi connectivity index (χ3n) is 7.91. The van der Waals surface area contributed by atoms with Crippen molar-refractivity contribution in [2.75, 3.05) is 13.1 Å². The van der Waals surface area contributed by atoms with E-state index in [1.807, 2.05) is 9.80 Å². The number of carbonyl (C=O) groups excluding carboxylic acids is 2. The number of hydrogen-bond acceptors (Lipinski definition) is 4. The maximum atomic E-state index is 13.0. The average Bonchev–Trinajstić information content (AvgIpc) is 2.77. The molecule has 1 aromatic rings. The van der Waals surface area contributed by atoms with Crippen LogP contribution in [-0.2, 0) is 22.6 Å². The van der Waals surface area contributed by atoms with Gasteiger partial charge in [-0.05, 0) is 44.9 Å². The first-order valence-electron chi connectivity index (χ1n) is 12.3. The smallest absolute Gasteiger partial charge is 0.256 e. The van der Waals surface area contributed by atoms with Gasteiger partial charge in [0.25, 0.3) is 5.56 Å². The van der Waals surface area contributed by atoms with E-state index in [-0.39, 0.29) is 35.3 Å². The SMILES string of the molecule is O=C(C1CCCCC1)N1CCc2nc([C@H]3CCCCN3C(=O)C3CCC3)[nH]c(=O)c2C1. The zero-order chi connectivity index (χ0) is 21.4. The number of nitrogens with one attached hydrogen (secondary N) is 1. The number of fused-ring (bicyclic) bond motifs is 1. The molecule has 3 heterocycles. The fourth-order valence-corrected chi connectivity index (χ4v) is 5.77. The van der Waals surface area contributed by atoms with Crippen LogP contribution in [0.15, 0.2) is 4.79 Å². The van der Waals surface area contributed by atoms with E-state index in [2.05, 4.69) is 4.98 Å². The second-order valence-electron chi connectivity index (χ2n) is 9.89.